The molecule has 1 saturated heterocycles. The van der Waals surface area contributed by atoms with Crippen molar-refractivity contribution in [3.05, 3.63) is 71.3 Å². The zero-order chi connectivity index (χ0) is 22.1. The number of carbonyl (C=O) groups excluding carboxylic acids is 2. The maximum absolute atomic E-state index is 12.4. The third kappa shape index (κ3) is 6.43. The van der Waals surface area contributed by atoms with Crippen LogP contribution >= 0.6 is 0 Å². The number of hydrogen-bond acceptors (Lipinski definition) is 6. The van der Waals surface area contributed by atoms with Crippen LogP contribution < -0.4 is 4.74 Å². The number of nitriles is 1. The lowest BCUT2D eigenvalue weighted by Crippen LogP contribution is -2.49. The highest BCUT2D eigenvalue weighted by Gasteiger charge is 2.22. The van der Waals surface area contributed by atoms with Crippen molar-refractivity contribution in [3.8, 4) is 11.8 Å². The van der Waals surface area contributed by atoms with E-state index >= 15 is 0 Å². The van der Waals surface area contributed by atoms with Gasteiger partial charge in [0.2, 0.25) is 0 Å². The molecular weight excluding hydrogens is 394 g/mol. The first-order valence-electron chi connectivity index (χ1n) is 10.1. The standard InChI is InChI=1S/C24H25N3O4/c1-30-22-9-7-19(8-10-22)15-21(16-25)24(29)31-18-23(28)27-13-11-26(12-14-27)17-20-5-3-2-4-6-20/h2-10,15H,11-14,17-18H2,1H3. The fourth-order valence-corrected chi connectivity index (χ4v) is 3.30. The molecule has 1 heterocycles. The van der Waals surface area contributed by atoms with Crippen LogP contribution in [0.1, 0.15) is 11.1 Å². The van der Waals surface area contributed by atoms with Gasteiger partial charge in [-0.05, 0) is 29.3 Å². The van der Waals surface area contributed by atoms with E-state index in [1.54, 1.807) is 36.3 Å². The summed E-state index contributed by atoms with van der Waals surface area (Å²) in [6.45, 7) is 3.15. The Morgan fingerprint density at radius 2 is 1.71 bits per heavy atom. The molecule has 0 spiro atoms. The van der Waals surface area contributed by atoms with Gasteiger partial charge in [-0.15, -0.1) is 0 Å². The van der Waals surface area contributed by atoms with E-state index in [0.717, 1.165) is 19.6 Å². The Morgan fingerprint density at radius 3 is 2.32 bits per heavy atom. The highest BCUT2D eigenvalue weighted by atomic mass is 16.5. The number of nitrogens with zero attached hydrogens (tertiary/aromatic N) is 3. The number of methoxy groups -OCH3 is 1. The molecule has 1 aliphatic rings. The predicted molar refractivity (Wildman–Crippen MR) is 116 cm³/mol. The van der Waals surface area contributed by atoms with Crippen molar-refractivity contribution in [3.63, 3.8) is 0 Å². The third-order valence-electron chi connectivity index (χ3n) is 5.07. The Morgan fingerprint density at radius 1 is 1.03 bits per heavy atom. The van der Waals surface area contributed by atoms with E-state index in [1.807, 2.05) is 24.3 Å². The summed E-state index contributed by atoms with van der Waals surface area (Å²) in [6, 6.07) is 18.9. The molecule has 0 N–H and O–H groups in total. The molecule has 31 heavy (non-hydrogen) atoms. The number of piperazine rings is 1. The molecule has 0 bridgehead atoms. The van der Waals surface area contributed by atoms with Crippen LogP contribution in [0.3, 0.4) is 0 Å². The summed E-state index contributed by atoms with van der Waals surface area (Å²) in [5.74, 6) is -0.392. The Hall–Kier alpha value is -3.63. The molecule has 1 aliphatic heterocycles. The lowest BCUT2D eigenvalue weighted by molar-refractivity contribution is -0.149. The maximum Gasteiger partial charge on any atom is 0.349 e. The second kappa shape index (κ2) is 11.0. The fourth-order valence-electron chi connectivity index (χ4n) is 3.30. The molecule has 7 nitrogen and oxygen atoms in total. The summed E-state index contributed by atoms with van der Waals surface area (Å²) in [5, 5.41) is 9.28. The molecule has 0 radical (unpaired) electrons. The van der Waals surface area contributed by atoms with Crippen molar-refractivity contribution in [2.75, 3.05) is 39.9 Å². The first-order chi connectivity index (χ1) is 15.1. The predicted octanol–water partition coefficient (Wildman–Crippen LogP) is 2.49. The molecule has 0 atom stereocenters. The SMILES string of the molecule is COc1ccc(C=C(C#N)C(=O)OCC(=O)N2CCN(Cc3ccccc3)CC2)cc1. The fraction of sp³-hybridized carbons (Fsp3) is 0.292. The van der Waals surface area contributed by atoms with Crippen LogP contribution in [0.4, 0.5) is 0 Å². The molecule has 0 aliphatic carbocycles. The summed E-state index contributed by atoms with van der Waals surface area (Å²) in [7, 11) is 1.56. The number of rotatable bonds is 7. The molecule has 1 fully saturated rings. The monoisotopic (exact) mass is 419 g/mol. The molecule has 2 aromatic rings. The van der Waals surface area contributed by atoms with Crippen LogP contribution in [0.15, 0.2) is 60.2 Å². The molecule has 2 aromatic carbocycles. The number of benzene rings is 2. The molecule has 0 aromatic heterocycles. The summed E-state index contributed by atoms with van der Waals surface area (Å²) in [4.78, 5) is 28.6. The topological polar surface area (TPSA) is 82.9 Å². The molecule has 7 heteroatoms. The Kier molecular flexibility index (Phi) is 7.79. The number of ether oxygens (including phenoxy) is 2. The number of amides is 1. The summed E-state index contributed by atoms with van der Waals surface area (Å²) in [6.07, 6.45) is 1.43. The van der Waals surface area contributed by atoms with E-state index in [2.05, 4.69) is 17.0 Å². The minimum Gasteiger partial charge on any atom is -0.497 e. The molecule has 0 saturated carbocycles. The van der Waals surface area contributed by atoms with E-state index in [-0.39, 0.29) is 18.1 Å². The average Bonchev–Trinajstić information content (AvgIpc) is 2.82. The average molecular weight is 419 g/mol. The van der Waals surface area contributed by atoms with Gasteiger partial charge in [-0.1, -0.05) is 42.5 Å². The van der Waals surface area contributed by atoms with Gasteiger partial charge >= 0.3 is 5.97 Å². The van der Waals surface area contributed by atoms with E-state index in [0.29, 0.717) is 24.4 Å². The number of esters is 1. The quantitative estimate of drug-likeness (QED) is 0.390. The van der Waals surface area contributed by atoms with Crippen molar-refractivity contribution < 1.29 is 19.1 Å². The highest BCUT2D eigenvalue weighted by molar-refractivity contribution is 5.98. The smallest absolute Gasteiger partial charge is 0.349 e. The minimum atomic E-state index is -0.811. The lowest BCUT2D eigenvalue weighted by Gasteiger charge is -2.34. The Labute approximate surface area is 182 Å². The van der Waals surface area contributed by atoms with Gasteiger partial charge in [-0.3, -0.25) is 9.69 Å². The summed E-state index contributed by atoms with van der Waals surface area (Å²) in [5.41, 5.74) is 1.74. The normalized spacial score (nSPS) is 14.6. The van der Waals surface area contributed by atoms with Crippen molar-refractivity contribution >= 4 is 18.0 Å². The first-order valence-corrected chi connectivity index (χ1v) is 10.1. The Balaban J connectivity index is 1.46. The first kappa shape index (κ1) is 22.1. The van der Waals surface area contributed by atoms with Crippen LogP contribution in [0.2, 0.25) is 0 Å². The second-order valence-corrected chi connectivity index (χ2v) is 7.16. The minimum absolute atomic E-state index is 0.161. The van der Waals surface area contributed by atoms with Crippen molar-refractivity contribution in [2.24, 2.45) is 0 Å². The van der Waals surface area contributed by atoms with E-state index in [4.69, 9.17) is 9.47 Å². The number of hydrogen-bond donors (Lipinski definition) is 0. The van der Waals surface area contributed by atoms with Crippen LogP contribution in [0.5, 0.6) is 5.75 Å². The molecule has 0 unspecified atom stereocenters. The zero-order valence-electron chi connectivity index (χ0n) is 17.5. The van der Waals surface area contributed by atoms with Gasteiger partial charge in [0.25, 0.3) is 5.91 Å². The maximum atomic E-state index is 12.4. The molecule has 3 rings (SSSR count). The van der Waals surface area contributed by atoms with E-state index in [1.165, 1.54) is 11.6 Å². The van der Waals surface area contributed by atoms with Crippen molar-refractivity contribution in [1.29, 1.82) is 5.26 Å². The Bertz CT molecular complexity index is 957. The van der Waals surface area contributed by atoms with Crippen LogP contribution in [-0.4, -0.2) is 61.6 Å². The van der Waals surface area contributed by atoms with Gasteiger partial charge in [0.05, 0.1) is 7.11 Å². The van der Waals surface area contributed by atoms with E-state index in [9.17, 15) is 14.9 Å². The van der Waals surface area contributed by atoms with Crippen molar-refractivity contribution in [1.82, 2.24) is 9.80 Å². The highest BCUT2D eigenvalue weighted by Crippen LogP contribution is 2.14. The molecule has 1 amide bonds. The van der Waals surface area contributed by atoms with Gasteiger partial charge < -0.3 is 14.4 Å². The van der Waals surface area contributed by atoms with Crippen molar-refractivity contribution in [2.45, 2.75) is 6.54 Å². The van der Waals surface area contributed by atoms with Crippen LogP contribution in [0, 0.1) is 11.3 Å². The van der Waals surface area contributed by atoms with Gasteiger partial charge in [0.1, 0.15) is 17.4 Å². The summed E-state index contributed by atoms with van der Waals surface area (Å²) < 4.78 is 10.2. The zero-order valence-corrected chi connectivity index (χ0v) is 17.5. The molecule has 160 valence electrons. The van der Waals surface area contributed by atoms with Gasteiger partial charge in [-0.25, -0.2) is 4.79 Å². The van der Waals surface area contributed by atoms with Gasteiger partial charge in [0, 0.05) is 32.7 Å². The van der Waals surface area contributed by atoms with E-state index < -0.39 is 5.97 Å². The molecular formula is C24H25N3O4. The van der Waals surface area contributed by atoms with Gasteiger partial charge in [-0.2, -0.15) is 5.26 Å². The second-order valence-electron chi connectivity index (χ2n) is 7.16. The van der Waals surface area contributed by atoms with Crippen LogP contribution in [0.25, 0.3) is 6.08 Å². The lowest BCUT2D eigenvalue weighted by atomic mass is 10.1. The number of carbonyl (C=O) groups is 2. The third-order valence-corrected chi connectivity index (χ3v) is 5.07. The van der Waals surface area contributed by atoms with Gasteiger partial charge in [0.15, 0.2) is 6.61 Å². The van der Waals surface area contributed by atoms with Crippen LogP contribution in [-0.2, 0) is 20.9 Å². The summed E-state index contributed by atoms with van der Waals surface area (Å²) >= 11 is 0. The largest absolute Gasteiger partial charge is 0.497 e.